The lowest BCUT2D eigenvalue weighted by Crippen LogP contribution is -2.33. The Morgan fingerprint density at radius 3 is 2.54 bits per heavy atom. The Balaban J connectivity index is 0.00000196. The minimum atomic E-state index is 0. The van der Waals surface area contributed by atoms with E-state index in [1.54, 1.807) is 0 Å². The van der Waals surface area contributed by atoms with Gasteiger partial charge in [0, 0.05) is 30.2 Å². The Hall–Kier alpha value is -1.03. The molecule has 0 atom stereocenters. The monoisotopic (exact) mass is 375 g/mol. The van der Waals surface area contributed by atoms with Gasteiger partial charge in [0.1, 0.15) is 0 Å². The van der Waals surface area contributed by atoms with Crippen LogP contribution in [-0.2, 0) is 13.1 Å². The fourth-order valence-corrected chi connectivity index (χ4v) is 4.76. The molecule has 0 spiro atoms. The molecule has 144 valence electrons. The van der Waals surface area contributed by atoms with Crippen LogP contribution in [0.3, 0.4) is 0 Å². The number of para-hydroxylation sites is 1. The van der Waals surface area contributed by atoms with Crippen molar-refractivity contribution in [3.05, 3.63) is 36.0 Å². The molecule has 2 aliphatic rings. The molecule has 1 aromatic heterocycles. The fraction of sp³-hybridized carbons (Fsp3) is 0.636. The molecule has 1 aromatic carbocycles. The third kappa shape index (κ3) is 4.82. The first-order valence-corrected chi connectivity index (χ1v) is 10.4. The van der Waals surface area contributed by atoms with Crippen molar-refractivity contribution < 1.29 is 0 Å². The first-order chi connectivity index (χ1) is 12.4. The van der Waals surface area contributed by atoms with E-state index in [1.807, 2.05) is 0 Å². The molecule has 0 bridgehead atoms. The number of rotatable bonds is 6. The number of hydrogen-bond acceptors (Lipinski definition) is 2. The molecule has 4 heteroatoms. The predicted octanol–water partition coefficient (Wildman–Crippen LogP) is 4.73. The lowest BCUT2D eigenvalue weighted by Gasteiger charge is -2.23. The summed E-state index contributed by atoms with van der Waals surface area (Å²) >= 11 is 0. The summed E-state index contributed by atoms with van der Waals surface area (Å²) in [6.07, 6.45) is 12.2. The van der Waals surface area contributed by atoms with Crippen LogP contribution in [0.1, 0.15) is 50.5 Å². The molecule has 1 saturated heterocycles. The van der Waals surface area contributed by atoms with Crippen LogP contribution in [0.5, 0.6) is 0 Å². The number of hydrogen-bond donors (Lipinski definition) is 2. The molecule has 1 saturated carbocycles. The second-order valence-corrected chi connectivity index (χ2v) is 8.15. The molecule has 3 nitrogen and oxygen atoms in total. The minimum absolute atomic E-state index is 0. The molecule has 1 aliphatic carbocycles. The number of halogens is 1. The standard InChI is InChI=1S/C22H33N3.ClH/c1-2-6-19(7-3-1)16-25-17-20(21-8-4-5-9-22(21)25)15-24-14-18-10-12-23-13-11-18;/h4-5,8-9,17-19,23-24H,1-3,6-7,10-16H2;1H. The molecule has 0 unspecified atom stereocenters. The van der Waals surface area contributed by atoms with Gasteiger partial charge in [0.05, 0.1) is 0 Å². The highest BCUT2D eigenvalue weighted by Gasteiger charge is 2.17. The Kier molecular flexibility index (Phi) is 7.42. The number of fused-ring (bicyclic) bond motifs is 1. The zero-order valence-corrected chi connectivity index (χ0v) is 16.7. The average molecular weight is 376 g/mol. The molecule has 2 heterocycles. The van der Waals surface area contributed by atoms with E-state index in [-0.39, 0.29) is 12.4 Å². The molecule has 1 aliphatic heterocycles. The molecule has 0 amide bonds. The van der Waals surface area contributed by atoms with Crippen LogP contribution in [0, 0.1) is 11.8 Å². The van der Waals surface area contributed by atoms with Crippen molar-refractivity contribution >= 4 is 23.3 Å². The lowest BCUT2D eigenvalue weighted by molar-refractivity contribution is 0.322. The Labute approximate surface area is 164 Å². The van der Waals surface area contributed by atoms with E-state index < -0.39 is 0 Å². The van der Waals surface area contributed by atoms with Gasteiger partial charge in [-0.3, -0.25) is 0 Å². The number of nitrogens with one attached hydrogen (secondary N) is 2. The largest absolute Gasteiger partial charge is 0.347 e. The van der Waals surface area contributed by atoms with Gasteiger partial charge in [-0.05, 0) is 68.8 Å². The zero-order chi connectivity index (χ0) is 16.9. The van der Waals surface area contributed by atoms with Gasteiger partial charge in [-0.15, -0.1) is 12.4 Å². The van der Waals surface area contributed by atoms with Crippen molar-refractivity contribution in [1.82, 2.24) is 15.2 Å². The third-order valence-electron chi connectivity index (χ3n) is 6.26. The lowest BCUT2D eigenvalue weighted by atomic mass is 9.89. The first kappa shape index (κ1) is 19.7. The van der Waals surface area contributed by atoms with E-state index in [1.165, 1.54) is 81.0 Å². The summed E-state index contributed by atoms with van der Waals surface area (Å²) in [5.74, 6) is 1.72. The van der Waals surface area contributed by atoms with Crippen molar-refractivity contribution in [3.63, 3.8) is 0 Å². The molecule has 2 fully saturated rings. The van der Waals surface area contributed by atoms with Crippen molar-refractivity contribution in [2.45, 2.75) is 58.0 Å². The minimum Gasteiger partial charge on any atom is -0.347 e. The summed E-state index contributed by atoms with van der Waals surface area (Å²) in [5, 5.41) is 8.64. The number of aromatic nitrogens is 1. The number of benzene rings is 1. The van der Waals surface area contributed by atoms with Gasteiger partial charge in [-0.2, -0.15) is 0 Å². The third-order valence-corrected chi connectivity index (χ3v) is 6.26. The van der Waals surface area contributed by atoms with Crippen molar-refractivity contribution in [2.75, 3.05) is 19.6 Å². The molecule has 0 radical (unpaired) electrons. The maximum Gasteiger partial charge on any atom is 0.0483 e. The second kappa shape index (κ2) is 9.77. The molecular weight excluding hydrogens is 342 g/mol. The van der Waals surface area contributed by atoms with E-state index in [0.717, 1.165) is 24.9 Å². The normalized spacial score (nSPS) is 19.5. The molecule has 2 aromatic rings. The van der Waals surface area contributed by atoms with E-state index in [4.69, 9.17) is 0 Å². The summed E-state index contributed by atoms with van der Waals surface area (Å²) in [6.45, 7) is 5.74. The van der Waals surface area contributed by atoms with Crippen LogP contribution in [0.15, 0.2) is 30.5 Å². The summed E-state index contributed by atoms with van der Waals surface area (Å²) in [4.78, 5) is 0. The van der Waals surface area contributed by atoms with Crippen LogP contribution >= 0.6 is 12.4 Å². The molecule has 4 rings (SSSR count). The van der Waals surface area contributed by atoms with Crippen molar-refractivity contribution in [2.24, 2.45) is 11.8 Å². The second-order valence-electron chi connectivity index (χ2n) is 8.15. The van der Waals surface area contributed by atoms with Crippen LogP contribution < -0.4 is 10.6 Å². The van der Waals surface area contributed by atoms with E-state index in [2.05, 4.69) is 45.7 Å². The van der Waals surface area contributed by atoms with Gasteiger partial charge in [0.2, 0.25) is 0 Å². The number of nitrogens with zero attached hydrogens (tertiary/aromatic N) is 1. The predicted molar refractivity (Wildman–Crippen MR) is 113 cm³/mol. The molecule has 26 heavy (non-hydrogen) atoms. The SMILES string of the molecule is Cl.c1ccc2c(c1)c(CNCC1CCNCC1)cn2CC1CCCCC1. The zero-order valence-electron chi connectivity index (χ0n) is 15.9. The topological polar surface area (TPSA) is 29.0 Å². The van der Waals surface area contributed by atoms with Crippen LogP contribution in [0.25, 0.3) is 10.9 Å². The van der Waals surface area contributed by atoms with Gasteiger partial charge in [0.15, 0.2) is 0 Å². The summed E-state index contributed by atoms with van der Waals surface area (Å²) in [5.41, 5.74) is 2.90. The van der Waals surface area contributed by atoms with Crippen molar-refractivity contribution in [3.8, 4) is 0 Å². The maximum absolute atomic E-state index is 3.74. The van der Waals surface area contributed by atoms with Gasteiger partial charge < -0.3 is 15.2 Å². The van der Waals surface area contributed by atoms with Crippen LogP contribution in [-0.4, -0.2) is 24.2 Å². The number of piperidine rings is 1. The summed E-state index contributed by atoms with van der Waals surface area (Å²) < 4.78 is 2.53. The van der Waals surface area contributed by atoms with E-state index in [0.29, 0.717) is 0 Å². The van der Waals surface area contributed by atoms with Gasteiger partial charge in [-0.1, -0.05) is 37.5 Å². The Morgan fingerprint density at radius 1 is 0.962 bits per heavy atom. The Morgan fingerprint density at radius 2 is 1.73 bits per heavy atom. The van der Waals surface area contributed by atoms with E-state index in [9.17, 15) is 0 Å². The van der Waals surface area contributed by atoms with Gasteiger partial charge in [0.25, 0.3) is 0 Å². The highest BCUT2D eigenvalue weighted by Crippen LogP contribution is 2.28. The highest BCUT2D eigenvalue weighted by molar-refractivity contribution is 5.85. The van der Waals surface area contributed by atoms with Crippen molar-refractivity contribution in [1.29, 1.82) is 0 Å². The summed E-state index contributed by atoms with van der Waals surface area (Å²) in [6, 6.07) is 8.97. The average Bonchev–Trinajstić information content (AvgIpc) is 3.01. The smallest absolute Gasteiger partial charge is 0.0483 e. The first-order valence-electron chi connectivity index (χ1n) is 10.4. The molecule has 2 N–H and O–H groups in total. The van der Waals surface area contributed by atoms with Gasteiger partial charge >= 0.3 is 0 Å². The van der Waals surface area contributed by atoms with Crippen LogP contribution in [0.4, 0.5) is 0 Å². The highest BCUT2D eigenvalue weighted by atomic mass is 35.5. The molecular formula is C22H34ClN3. The van der Waals surface area contributed by atoms with Gasteiger partial charge in [-0.25, -0.2) is 0 Å². The van der Waals surface area contributed by atoms with E-state index >= 15 is 0 Å². The fourth-order valence-electron chi connectivity index (χ4n) is 4.76. The quantitative estimate of drug-likeness (QED) is 0.763. The van der Waals surface area contributed by atoms with Crippen LogP contribution in [0.2, 0.25) is 0 Å². The Bertz CT molecular complexity index is 669. The maximum atomic E-state index is 3.74. The summed E-state index contributed by atoms with van der Waals surface area (Å²) in [7, 11) is 0.